The molecule has 0 amide bonds. The summed E-state index contributed by atoms with van der Waals surface area (Å²) < 4.78 is 2.62. The molecule has 2 aromatic heterocycles. The molecule has 0 spiro atoms. The zero-order valence-corrected chi connectivity index (χ0v) is 11.0. The molecule has 3 rings (SSSR count). The highest BCUT2D eigenvalue weighted by Gasteiger charge is 2.26. The molecule has 0 atom stereocenters. The molecule has 17 heavy (non-hydrogen) atoms. The lowest BCUT2D eigenvalue weighted by Crippen LogP contribution is -2.04. The highest BCUT2D eigenvalue weighted by Crippen LogP contribution is 2.39. The molecule has 0 radical (unpaired) electrons. The van der Waals surface area contributed by atoms with Crippen molar-refractivity contribution >= 4 is 21.7 Å². The van der Waals surface area contributed by atoms with Gasteiger partial charge in [0.1, 0.15) is 16.6 Å². The number of halogens is 1. The van der Waals surface area contributed by atoms with E-state index in [0.29, 0.717) is 5.92 Å². The van der Waals surface area contributed by atoms with Crippen LogP contribution < -0.4 is 5.32 Å². The van der Waals surface area contributed by atoms with Gasteiger partial charge in [-0.15, -0.1) is 0 Å². The third-order valence-corrected chi connectivity index (χ3v) is 3.56. The van der Waals surface area contributed by atoms with Gasteiger partial charge in [-0.25, -0.2) is 14.6 Å². The third kappa shape index (κ3) is 1.93. The van der Waals surface area contributed by atoms with Crippen LogP contribution in [0.5, 0.6) is 0 Å². The Morgan fingerprint density at radius 3 is 2.94 bits per heavy atom. The largest absolute Gasteiger partial charge is 0.372 e. The van der Waals surface area contributed by atoms with E-state index in [1.165, 1.54) is 19.2 Å². The first-order valence-electron chi connectivity index (χ1n) is 5.54. The zero-order chi connectivity index (χ0) is 11.8. The van der Waals surface area contributed by atoms with Crippen molar-refractivity contribution in [3.63, 3.8) is 0 Å². The Labute approximate surface area is 107 Å². The van der Waals surface area contributed by atoms with E-state index in [9.17, 15) is 0 Å². The van der Waals surface area contributed by atoms with E-state index in [2.05, 4.69) is 42.4 Å². The van der Waals surface area contributed by atoms with Crippen molar-refractivity contribution in [2.24, 2.45) is 0 Å². The molecule has 0 aliphatic heterocycles. The van der Waals surface area contributed by atoms with E-state index in [1.54, 1.807) is 4.68 Å². The molecule has 0 bridgehead atoms. The number of rotatable bonds is 3. The molecule has 5 nitrogen and oxygen atoms in total. The lowest BCUT2D eigenvalue weighted by Gasteiger charge is -2.06. The smallest absolute Gasteiger partial charge is 0.173 e. The first-order chi connectivity index (χ1) is 8.29. The minimum atomic E-state index is 0.653. The molecule has 0 saturated heterocycles. The molecule has 88 valence electrons. The molecule has 1 aliphatic carbocycles. The van der Waals surface area contributed by atoms with Crippen molar-refractivity contribution in [1.29, 1.82) is 0 Å². The van der Waals surface area contributed by atoms with Gasteiger partial charge in [0.05, 0.1) is 5.69 Å². The summed E-state index contributed by atoms with van der Waals surface area (Å²) in [4.78, 5) is 8.38. The van der Waals surface area contributed by atoms with E-state index in [0.717, 1.165) is 21.8 Å². The number of anilines is 1. The summed E-state index contributed by atoms with van der Waals surface area (Å²) >= 11 is 3.49. The van der Waals surface area contributed by atoms with Gasteiger partial charge in [-0.3, -0.25) is 0 Å². The van der Waals surface area contributed by atoms with E-state index >= 15 is 0 Å². The fraction of sp³-hybridized carbons (Fsp3) is 0.364. The molecular weight excluding hydrogens is 282 g/mol. The first-order valence-corrected chi connectivity index (χ1v) is 6.33. The second-order valence-electron chi connectivity index (χ2n) is 4.07. The Morgan fingerprint density at radius 1 is 1.41 bits per heavy atom. The van der Waals surface area contributed by atoms with Crippen LogP contribution in [0.2, 0.25) is 0 Å². The molecule has 1 N–H and O–H groups in total. The summed E-state index contributed by atoms with van der Waals surface area (Å²) in [5, 5.41) is 7.56. The summed E-state index contributed by atoms with van der Waals surface area (Å²) in [5.41, 5.74) is 1.15. The van der Waals surface area contributed by atoms with E-state index in [1.807, 2.05) is 13.2 Å². The molecule has 0 aromatic carbocycles. The SMILES string of the molecule is CNc1ncnc(-n2ccc(C3CC3)n2)c1Br. The fourth-order valence-electron chi connectivity index (χ4n) is 1.75. The highest BCUT2D eigenvalue weighted by molar-refractivity contribution is 9.10. The van der Waals surface area contributed by atoms with Crippen LogP contribution in [0.1, 0.15) is 24.5 Å². The van der Waals surface area contributed by atoms with Gasteiger partial charge in [0.2, 0.25) is 0 Å². The highest BCUT2D eigenvalue weighted by atomic mass is 79.9. The van der Waals surface area contributed by atoms with E-state index < -0.39 is 0 Å². The van der Waals surface area contributed by atoms with Crippen LogP contribution in [-0.2, 0) is 0 Å². The van der Waals surface area contributed by atoms with Crippen LogP contribution in [0, 0.1) is 0 Å². The second kappa shape index (κ2) is 4.10. The zero-order valence-electron chi connectivity index (χ0n) is 9.39. The third-order valence-electron chi connectivity index (χ3n) is 2.83. The predicted octanol–water partition coefficient (Wildman–Crippen LogP) is 2.34. The van der Waals surface area contributed by atoms with Crippen molar-refractivity contribution in [3.05, 3.63) is 28.8 Å². The molecular formula is C11H12BrN5. The Kier molecular flexibility index (Phi) is 2.58. The Morgan fingerprint density at radius 2 is 2.24 bits per heavy atom. The van der Waals surface area contributed by atoms with Gasteiger partial charge in [-0.1, -0.05) is 0 Å². The molecule has 6 heteroatoms. The molecule has 1 aliphatic rings. The van der Waals surface area contributed by atoms with Crippen LogP contribution in [0.3, 0.4) is 0 Å². The standard InChI is InChI=1S/C11H12BrN5/c1-13-10-9(12)11(15-6-14-10)17-5-4-8(16-17)7-2-3-7/h4-7H,2-3H2,1H3,(H,13,14,15). The Balaban J connectivity index is 2.01. The number of nitrogens with zero attached hydrogens (tertiary/aromatic N) is 4. The molecule has 2 heterocycles. The maximum atomic E-state index is 4.55. The average Bonchev–Trinajstić information content (AvgIpc) is 3.08. The number of nitrogens with one attached hydrogen (secondary N) is 1. The lowest BCUT2D eigenvalue weighted by molar-refractivity contribution is 0.804. The quantitative estimate of drug-likeness (QED) is 0.944. The van der Waals surface area contributed by atoms with Gasteiger partial charge in [-0.05, 0) is 34.8 Å². The summed E-state index contributed by atoms with van der Waals surface area (Å²) in [5.74, 6) is 2.18. The fourth-order valence-corrected chi connectivity index (χ4v) is 2.33. The van der Waals surface area contributed by atoms with Crippen LogP contribution >= 0.6 is 15.9 Å². The van der Waals surface area contributed by atoms with Crippen molar-refractivity contribution in [3.8, 4) is 5.82 Å². The lowest BCUT2D eigenvalue weighted by atomic mass is 10.3. The van der Waals surface area contributed by atoms with Gasteiger partial charge >= 0.3 is 0 Å². The molecule has 1 fully saturated rings. The molecule has 1 saturated carbocycles. The Hall–Kier alpha value is -1.43. The predicted molar refractivity (Wildman–Crippen MR) is 68.4 cm³/mol. The van der Waals surface area contributed by atoms with Crippen molar-refractivity contribution in [2.45, 2.75) is 18.8 Å². The topological polar surface area (TPSA) is 55.6 Å². The molecule has 2 aromatic rings. The number of hydrogen-bond acceptors (Lipinski definition) is 4. The van der Waals surface area contributed by atoms with Gasteiger partial charge in [0.25, 0.3) is 0 Å². The van der Waals surface area contributed by atoms with Crippen molar-refractivity contribution < 1.29 is 0 Å². The van der Waals surface area contributed by atoms with Crippen molar-refractivity contribution in [2.75, 3.05) is 12.4 Å². The van der Waals surface area contributed by atoms with Gasteiger partial charge < -0.3 is 5.32 Å². The second-order valence-corrected chi connectivity index (χ2v) is 4.86. The summed E-state index contributed by atoms with van der Waals surface area (Å²) in [7, 11) is 1.83. The average molecular weight is 294 g/mol. The summed E-state index contributed by atoms with van der Waals surface area (Å²) in [6.07, 6.45) is 5.98. The van der Waals surface area contributed by atoms with Crippen LogP contribution in [0.4, 0.5) is 5.82 Å². The van der Waals surface area contributed by atoms with Crippen molar-refractivity contribution in [1.82, 2.24) is 19.7 Å². The van der Waals surface area contributed by atoms with E-state index in [4.69, 9.17) is 0 Å². The maximum Gasteiger partial charge on any atom is 0.173 e. The normalized spacial score (nSPS) is 14.9. The maximum absolute atomic E-state index is 4.55. The van der Waals surface area contributed by atoms with E-state index in [-0.39, 0.29) is 0 Å². The summed E-state index contributed by atoms with van der Waals surface area (Å²) in [6, 6.07) is 2.06. The minimum absolute atomic E-state index is 0.653. The van der Waals surface area contributed by atoms with Crippen LogP contribution in [0.25, 0.3) is 5.82 Å². The Bertz CT molecular complexity index is 547. The first kappa shape index (κ1) is 10.7. The monoisotopic (exact) mass is 293 g/mol. The number of hydrogen-bond donors (Lipinski definition) is 1. The van der Waals surface area contributed by atoms with Crippen LogP contribution in [0.15, 0.2) is 23.1 Å². The van der Waals surface area contributed by atoms with Crippen LogP contribution in [-0.4, -0.2) is 26.8 Å². The van der Waals surface area contributed by atoms with Gasteiger partial charge in [0, 0.05) is 19.2 Å². The number of aromatic nitrogens is 4. The minimum Gasteiger partial charge on any atom is -0.372 e. The summed E-state index contributed by atoms with van der Waals surface area (Å²) in [6.45, 7) is 0. The van der Waals surface area contributed by atoms with Gasteiger partial charge in [0.15, 0.2) is 5.82 Å². The van der Waals surface area contributed by atoms with Gasteiger partial charge in [-0.2, -0.15) is 5.10 Å². The molecule has 0 unspecified atom stereocenters.